The minimum atomic E-state index is 0.250. The Balaban J connectivity index is 2.50. The zero-order valence-electron chi connectivity index (χ0n) is 10.4. The van der Waals surface area contributed by atoms with Gasteiger partial charge in [-0.2, -0.15) is 5.26 Å². The van der Waals surface area contributed by atoms with E-state index < -0.39 is 0 Å². The minimum absolute atomic E-state index is 0.250. The predicted octanol–water partition coefficient (Wildman–Crippen LogP) is 3.68. The quantitative estimate of drug-likeness (QED) is 0.826. The molecule has 0 aromatic heterocycles. The first-order chi connectivity index (χ1) is 8.77. The van der Waals surface area contributed by atoms with Gasteiger partial charge in [-0.05, 0) is 23.6 Å². The summed E-state index contributed by atoms with van der Waals surface area (Å²) in [5, 5.41) is 9.04. The van der Waals surface area contributed by atoms with Gasteiger partial charge in [-0.3, -0.25) is 0 Å². The number of para-hydroxylation sites is 1. The summed E-state index contributed by atoms with van der Waals surface area (Å²) in [5.74, 6) is 0.250. The Morgan fingerprint density at radius 1 is 1.11 bits per heavy atom. The van der Waals surface area contributed by atoms with Crippen molar-refractivity contribution < 1.29 is 0 Å². The molecular weight excluding hydrogens is 220 g/mol. The molecule has 2 nitrogen and oxygen atoms in total. The molecule has 1 atom stereocenters. The van der Waals surface area contributed by atoms with Gasteiger partial charge in [0.2, 0.25) is 0 Å². The molecule has 2 heteroatoms. The highest BCUT2D eigenvalue weighted by molar-refractivity contribution is 5.61. The number of nitrogen functional groups attached to an aromatic ring is 1. The Hall–Kier alpha value is -2.27. The second-order valence-corrected chi connectivity index (χ2v) is 4.29. The average Bonchev–Trinajstić information content (AvgIpc) is 2.43. The van der Waals surface area contributed by atoms with E-state index in [1.54, 1.807) is 6.07 Å². The molecule has 0 aliphatic carbocycles. The molecule has 0 fully saturated rings. The number of hydrogen-bond donors (Lipinski definition) is 1. The summed E-state index contributed by atoms with van der Waals surface area (Å²) in [4.78, 5) is 0. The van der Waals surface area contributed by atoms with Crippen molar-refractivity contribution in [3.05, 3.63) is 65.2 Å². The maximum atomic E-state index is 9.04. The molecule has 2 aromatic rings. The van der Waals surface area contributed by atoms with Crippen molar-refractivity contribution in [3.8, 4) is 6.07 Å². The molecule has 0 amide bonds. The normalized spacial score (nSPS) is 11.8. The molecule has 2 N–H and O–H groups in total. The summed E-state index contributed by atoms with van der Waals surface area (Å²) in [7, 11) is 0. The number of hydrogen-bond acceptors (Lipinski definition) is 2. The van der Waals surface area contributed by atoms with Crippen LogP contribution in [0.15, 0.2) is 48.5 Å². The topological polar surface area (TPSA) is 49.8 Å². The van der Waals surface area contributed by atoms with Crippen LogP contribution in [0.25, 0.3) is 0 Å². The van der Waals surface area contributed by atoms with Gasteiger partial charge in [0, 0.05) is 5.92 Å². The molecule has 0 saturated carbocycles. The first-order valence-electron chi connectivity index (χ1n) is 6.11. The fourth-order valence-electron chi connectivity index (χ4n) is 2.30. The van der Waals surface area contributed by atoms with Crippen LogP contribution in [0.5, 0.6) is 0 Å². The molecule has 0 bridgehead atoms. The summed E-state index contributed by atoms with van der Waals surface area (Å²) < 4.78 is 0. The lowest BCUT2D eigenvalue weighted by Crippen LogP contribution is -2.05. The SMILES string of the molecule is CCC(c1ccccc1)c1cccc(C#N)c1N. The number of nitrogens with two attached hydrogens (primary N) is 1. The van der Waals surface area contributed by atoms with Crippen LogP contribution in [0, 0.1) is 11.3 Å². The van der Waals surface area contributed by atoms with Crippen LogP contribution in [-0.4, -0.2) is 0 Å². The fourth-order valence-corrected chi connectivity index (χ4v) is 2.30. The van der Waals surface area contributed by atoms with Crippen LogP contribution in [0.1, 0.15) is 36.0 Å². The van der Waals surface area contributed by atoms with Crippen LogP contribution in [0.2, 0.25) is 0 Å². The van der Waals surface area contributed by atoms with Gasteiger partial charge in [0.1, 0.15) is 6.07 Å². The van der Waals surface area contributed by atoms with Gasteiger partial charge < -0.3 is 5.73 Å². The molecule has 0 radical (unpaired) electrons. The Morgan fingerprint density at radius 3 is 2.44 bits per heavy atom. The van der Waals surface area contributed by atoms with E-state index in [0.717, 1.165) is 12.0 Å². The number of anilines is 1. The summed E-state index contributed by atoms with van der Waals surface area (Å²) in [5.41, 5.74) is 9.53. The number of benzene rings is 2. The van der Waals surface area contributed by atoms with Crippen molar-refractivity contribution in [3.63, 3.8) is 0 Å². The average molecular weight is 236 g/mol. The third-order valence-corrected chi connectivity index (χ3v) is 3.25. The second kappa shape index (κ2) is 5.37. The summed E-state index contributed by atoms with van der Waals surface area (Å²) in [6.45, 7) is 2.14. The van der Waals surface area contributed by atoms with Gasteiger partial charge in [-0.25, -0.2) is 0 Å². The third-order valence-electron chi connectivity index (χ3n) is 3.25. The highest BCUT2D eigenvalue weighted by atomic mass is 14.6. The first kappa shape index (κ1) is 12.2. The van der Waals surface area contributed by atoms with E-state index in [1.807, 2.05) is 30.3 Å². The van der Waals surface area contributed by atoms with E-state index in [0.29, 0.717) is 11.3 Å². The fraction of sp³-hybridized carbons (Fsp3) is 0.188. The molecule has 0 heterocycles. The standard InChI is InChI=1S/C16H16N2/c1-2-14(12-7-4-3-5-8-12)15-10-6-9-13(11-17)16(15)18/h3-10,14H,2,18H2,1H3. The number of rotatable bonds is 3. The lowest BCUT2D eigenvalue weighted by molar-refractivity contribution is 0.779. The van der Waals surface area contributed by atoms with Gasteiger partial charge in [-0.1, -0.05) is 49.4 Å². The zero-order valence-corrected chi connectivity index (χ0v) is 10.4. The highest BCUT2D eigenvalue weighted by Crippen LogP contribution is 2.32. The van der Waals surface area contributed by atoms with E-state index in [-0.39, 0.29) is 5.92 Å². The maximum absolute atomic E-state index is 9.04. The Kier molecular flexibility index (Phi) is 3.64. The van der Waals surface area contributed by atoms with E-state index >= 15 is 0 Å². The van der Waals surface area contributed by atoms with Crippen molar-refractivity contribution >= 4 is 5.69 Å². The molecule has 0 aliphatic heterocycles. The molecule has 90 valence electrons. The Morgan fingerprint density at radius 2 is 1.83 bits per heavy atom. The van der Waals surface area contributed by atoms with Gasteiger partial charge in [0.25, 0.3) is 0 Å². The molecule has 0 spiro atoms. The second-order valence-electron chi connectivity index (χ2n) is 4.29. The first-order valence-corrected chi connectivity index (χ1v) is 6.11. The van der Waals surface area contributed by atoms with Crippen molar-refractivity contribution in [2.45, 2.75) is 19.3 Å². The van der Waals surface area contributed by atoms with E-state index in [9.17, 15) is 0 Å². The van der Waals surface area contributed by atoms with E-state index in [2.05, 4.69) is 25.1 Å². The van der Waals surface area contributed by atoms with Crippen molar-refractivity contribution in [2.24, 2.45) is 0 Å². The monoisotopic (exact) mass is 236 g/mol. The Bertz CT molecular complexity index is 567. The summed E-state index contributed by atoms with van der Waals surface area (Å²) in [6.07, 6.45) is 0.961. The molecule has 2 rings (SSSR count). The molecule has 0 aliphatic rings. The zero-order chi connectivity index (χ0) is 13.0. The highest BCUT2D eigenvalue weighted by Gasteiger charge is 2.16. The van der Waals surface area contributed by atoms with Gasteiger partial charge in [0.05, 0.1) is 11.3 Å². The van der Waals surface area contributed by atoms with Crippen molar-refractivity contribution in [2.75, 3.05) is 5.73 Å². The van der Waals surface area contributed by atoms with Crippen LogP contribution in [0.4, 0.5) is 5.69 Å². The summed E-state index contributed by atoms with van der Waals surface area (Å²) >= 11 is 0. The molecule has 1 unspecified atom stereocenters. The van der Waals surface area contributed by atoms with E-state index in [4.69, 9.17) is 11.0 Å². The smallest absolute Gasteiger partial charge is 0.101 e. The lowest BCUT2D eigenvalue weighted by atomic mass is 9.87. The number of nitrogens with zero attached hydrogens (tertiary/aromatic N) is 1. The minimum Gasteiger partial charge on any atom is -0.397 e. The van der Waals surface area contributed by atoms with Crippen LogP contribution in [0.3, 0.4) is 0 Å². The largest absolute Gasteiger partial charge is 0.397 e. The van der Waals surface area contributed by atoms with E-state index in [1.165, 1.54) is 5.56 Å². The lowest BCUT2D eigenvalue weighted by Gasteiger charge is -2.18. The van der Waals surface area contributed by atoms with Gasteiger partial charge >= 0.3 is 0 Å². The van der Waals surface area contributed by atoms with Gasteiger partial charge in [-0.15, -0.1) is 0 Å². The maximum Gasteiger partial charge on any atom is 0.101 e. The molecule has 0 saturated heterocycles. The van der Waals surface area contributed by atoms with Crippen molar-refractivity contribution in [1.29, 1.82) is 5.26 Å². The molecular formula is C16H16N2. The Labute approximate surface area is 108 Å². The molecule has 2 aromatic carbocycles. The summed E-state index contributed by atoms with van der Waals surface area (Å²) in [6, 6.07) is 18.1. The van der Waals surface area contributed by atoms with Crippen molar-refractivity contribution in [1.82, 2.24) is 0 Å². The van der Waals surface area contributed by atoms with Crippen LogP contribution >= 0.6 is 0 Å². The number of nitriles is 1. The third kappa shape index (κ3) is 2.21. The van der Waals surface area contributed by atoms with Crippen LogP contribution < -0.4 is 5.73 Å². The van der Waals surface area contributed by atoms with Gasteiger partial charge in [0.15, 0.2) is 0 Å². The predicted molar refractivity (Wildman–Crippen MR) is 74.1 cm³/mol. The van der Waals surface area contributed by atoms with Crippen LogP contribution in [-0.2, 0) is 0 Å². The molecule has 18 heavy (non-hydrogen) atoms.